The van der Waals surface area contributed by atoms with Crippen LogP contribution in [0.1, 0.15) is 111 Å². The first-order chi connectivity index (χ1) is 17.2. The number of ketones is 1. The average molecular weight is 503 g/mol. The number of carboxylic acids is 1. The van der Waals surface area contributed by atoms with Crippen molar-refractivity contribution in [1.82, 2.24) is 0 Å². The molecule has 0 aromatic carbocycles. The van der Waals surface area contributed by atoms with Crippen LogP contribution in [0.3, 0.4) is 0 Å². The summed E-state index contributed by atoms with van der Waals surface area (Å²) in [5.41, 5.74) is 0.399. The van der Waals surface area contributed by atoms with Crippen LogP contribution in [0.5, 0.6) is 0 Å². The number of carbonyl (C=O) groups excluding carboxylic acids is 1. The van der Waals surface area contributed by atoms with Gasteiger partial charge in [-0.15, -0.1) is 0 Å². The molecule has 204 valence electrons. The van der Waals surface area contributed by atoms with E-state index in [0.717, 1.165) is 64.4 Å². The monoisotopic (exact) mass is 502 g/mol. The van der Waals surface area contributed by atoms with Gasteiger partial charge in [0, 0.05) is 24.9 Å². The maximum Gasteiger partial charge on any atom is 0.303 e. The standard InChI is InChI=1S/C31H50O5/c1-5-21-25-18-20(36-27-8-6-7-17-35-27)13-15-31(25,4)24-14-16-30(3)22(19(2)9-12-26(32)33)10-11-23(30)28(24)29(21)34/h19-25,27-28H,5-18H2,1-4H3,(H,32,33)/t19-,20-,21+,22-,23+,24+,25+,27?,28+,30-,31-/m1/s1. The minimum absolute atomic E-state index is 0.0471. The van der Waals surface area contributed by atoms with E-state index in [2.05, 4.69) is 27.7 Å². The van der Waals surface area contributed by atoms with Crippen molar-refractivity contribution in [2.75, 3.05) is 6.61 Å². The van der Waals surface area contributed by atoms with Crippen LogP contribution in [0.4, 0.5) is 0 Å². The van der Waals surface area contributed by atoms with Gasteiger partial charge in [-0.3, -0.25) is 9.59 Å². The third-order valence-electron chi connectivity index (χ3n) is 12.2. The molecule has 1 N–H and O–H groups in total. The number of hydrogen-bond acceptors (Lipinski definition) is 4. The highest BCUT2D eigenvalue weighted by Gasteiger charge is 2.65. The molecule has 5 heteroatoms. The zero-order valence-corrected chi connectivity index (χ0v) is 23.2. The fourth-order valence-corrected chi connectivity index (χ4v) is 10.3. The number of fused-ring (bicyclic) bond motifs is 5. The quantitative estimate of drug-likeness (QED) is 0.384. The van der Waals surface area contributed by atoms with E-state index in [1.54, 1.807) is 0 Å². The highest BCUT2D eigenvalue weighted by Crippen LogP contribution is 2.68. The fourth-order valence-electron chi connectivity index (χ4n) is 10.3. The molecule has 4 aliphatic carbocycles. The predicted molar refractivity (Wildman–Crippen MR) is 139 cm³/mol. The largest absolute Gasteiger partial charge is 0.481 e. The van der Waals surface area contributed by atoms with E-state index >= 15 is 0 Å². The molecule has 5 fully saturated rings. The molecule has 1 heterocycles. The Labute approximate surface area is 218 Å². The van der Waals surface area contributed by atoms with Crippen molar-refractivity contribution in [3.63, 3.8) is 0 Å². The first-order valence-corrected chi connectivity index (χ1v) is 15.2. The van der Waals surface area contributed by atoms with E-state index in [9.17, 15) is 14.7 Å². The summed E-state index contributed by atoms with van der Waals surface area (Å²) in [4.78, 5) is 25.5. The zero-order valence-electron chi connectivity index (χ0n) is 23.2. The van der Waals surface area contributed by atoms with Gasteiger partial charge in [0.1, 0.15) is 5.78 Å². The number of Topliss-reactive ketones (excluding diaryl/α,β-unsaturated/α-hetero) is 1. The Morgan fingerprint density at radius 3 is 2.50 bits per heavy atom. The number of rotatable bonds is 7. The van der Waals surface area contributed by atoms with Crippen LogP contribution in [-0.2, 0) is 19.1 Å². The van der Waals surface area contributed by atoms with E-state index in [-0.39, 0.29) is 41.5 Å². The lowest BCUT2D eigenvalue weighted by Gasteiger charge is -2.62. The molecule has 0 aromatic rings. The molecular formula is C31H50O5. The summed E-state index contributed by atoms with van der Waals surface area (Å²) in [6.45, 7) is 10.3. The maximum absolute atomic E-state index is 14.3. The summed E-state index contributed by atoms with van der Waals surface area (Å²) < 4.78 is 12.4. The van der Waals surface area contributed by atoms with Crippen LogP contribution in [0.25, 0.3) is 0 Å². The van der Waals surface area contributed by atoms with Gasteiger partial charge in [0.2, 0.25) is 0 Å². The van der Waals surface area contributed by atoms with Crippen LogP contribution in [0.15, 0.2) is 0 Å². The third kappa shape index (κ3) is 4.48. The number of hydrogen-bond donors (Lipinski definition) is 1. The van der Waals surface area contributed by atoms with Gasteiger partial charge in [-0.25, -0.2) is 0 Å². The van der Waals surface area contributed by atoms with Gasteiger partial charge in [0.25, 0.3) is 0 Å². The first kappa shape index (κ1) is 26.7. The van der Waals surface area contributed by atoms with Crippen molar-refractivity contribution in [3.05, 3.63) is 0 Å². The van der Waals surface area contributed by atoms with Gasteiger partial charge in [0.05, 0.1) is 6.10 Å². The minimum atomic E-state index is -0.688. The second kappa shape index (κ2) is 10.3. The molecule has 0 amide bonds. The lowest BCUT2D eigenvalue weighted by atomic mass is 9.42. The molecule has 36 heavy (non-hydrogen) atoms. The lowest BCUT2D eigenvalue weighted by molar-refractivity contribution is -0.216. The van der Waals surface area contributed by atoms with Gasteiger partial charge in [0.15, 0.2) is 6.29 Å². The van der Waals surface area contributed by atoms with E-state index in [1.807, 2.05) is 0 Å². The van der Waals surface area contributed by atoms with Crippen LogP contribution in [0.2, 0.25) is 0 Å². The molecule has 5 aliphatic rings. The zero-order chi connectivity index (χ0) is 25.7. The molecule has 0 bridgehead atoms. The minimum Gasteiger partial charge on any atom is -0.481 e. The molecule has 5 nitrogen and oxygen atoms in total. The normalized spacial score (nSPS) is 47.5. The molecule has 1 unspecified atom stereocenters. The van der Waals surface area contributed by atoms with Crippen molar-refractivity contribution in [1.29, 1.82) is 0 Å². The number of carboxylic acid groups (broad SMARTS) is 1. The molecular weight excluding hydrogens is 452 g/mol. The van der Waals surface area contributed by atoms with Crippen molar-refractivity contribution in [2.24, 2.45) is 52.3 Å². The highest BCUT2D eigenvalue weighted by molar-refractivity contribution is 5.86. The Bertz CT molecular complexity index is 820. The number of carbonyl (C=O) groups is 2. The maximum atomic E-state index is 14.3. The predicted octanol–water partition coefficient (Wildman–Crippen LogP) is 6.87. The number of ether oxygens (including phenoxy) is 2. The summed E-state index contributed by atoms with van der Waals surface area (Å²) in [7, 11) is 0. The summed E-state index contributed by atoms with van der Waals surface area (Å²) in [5.74, 6) is 2.57. The van der Waals surface area contributed by atoms with Gasteiger partial charge < -0.3 is 14.6 Å². The Balaban J connectivity index is 1.34. The summed E-state index contributed by atoms with van der Waals surface area (Å²) in [5, 5.41) is 9.24. The molecule has 11 atom stereocenters. The van der Waals surface area contributed by atoms with Crippen molar-refractivity contribution >= 4 is 11.8 Å². The second-order valence-corrected chi connectivity index (χ2v) is 13.7. The topological polar surface area (TPSA) is 72.8 Å². The second-order valence-electron chi connectivity index (χ2n) is 13.7. The summed E-state index contributed by atoms with van der Waals surface area (Å²) in [6.07, 6.45) is 13.4. The van der Waals surface area contributed by atoms with E-state index in [0.29, 0.717) is 35.4 Å². The Morgan fingerprint density at radius 1 is 1.06 bits per heavy atom. The highest BCUT2D eigenvalue weighted by atomic mass is 16.7. The fraction of sp³-hybridized carbons (Fsp3) is 0.935. The Morgan fingerprint density at radius 2 is 1.81 bits per heavy atom. The molecule has 0 radical (unpaired) electrons. The lowest BCUT2D eigenvalue weighted by Crippen LogP contribution is -2.61. The van der Waals surface area contributed by atoms with Crippen molar-refractivity contribution in [2.45, 2.75) is 124 Å². The average Bonchev–Trinajstić information content (AvgIpc) is 3.21. The molecule has 0 aromatic heterocycles. The smallest absolute Gasteiger partial charge is 0.303 e. The molecule has 0 spiro atoms. The summed E-state index contributed by atoms with van der Waals surface area (Å²) in [6, 6.07) is 0. The van der Waals surface area contributed by atoms with Gasteiger partial charge in [-0.1, -0.05) is 27.7 Å². The van der Waals surface area contributed by atoms with Gasteiger partial charge in [-0.2, -0.15) is 0 Å². The Kier molecular flexibility index (Phi) is 7.64. The van der Waals surface area contributed by atoms with Crippen LogP contribution in [0, 0.1) is 52.3 Å². The van der Waals surface area contributed by atoms with Gasteiger partial charge >= 0.3 is 5.97 Å². The molecule has 1 aliphatic heterocycles. The third-order valence-corrected chi connectivity index (χ3v) is 12.2. The van der Waals surface area contributed by atoms with Gasteiger partial charge in [-0.05, 0) is 117 Å². The van der Waals surface area contributed by atoms with E-state index in [1.165, 1.54) is 19.3 Å². The van der Waals surface area contributed by atoms with E-state index < -0.39 is 5.97 Å². The van der Waals surface area contributed by atoms with Crippen LogP contribution >= 0.6 is 0 Å². The van der Waals surface area contributed by atoms with Crippen molar-refractivity contribution < 1.29 is 24.2 Å². The molecule has 5 rings (SSSR count). The molecule has 4 saturated carbocycles. The Hall–Kier alpha value is -0.940. The first-order valence-electron chi connectivity index (χ1n) is 15.2. The molecule has 1 saturated heterocycles. The van der Waals surface area contributed by atoms with Crippen LogP contribution in [-0.4, -0.2) is 35.9 Å². The van der Waals surface area contributed by atoms with Crippen molar-refractivity contribution in [3.8, 4) is 0 Å². The summed E-state index contributed by atoms with van der Waals surface area (Å²) >= 11 is 0. The van der Waals surface area contributed by atoms with Crippen LogP contribution < -0.4 is 0 Å². The SMILES string of the molecule is CC[C@@H]1C(=O)[C@@H]2[C@H](CC[C@]3(C)[C@@H]([C@H](C)CCC(=O)O)CC[C@@H]23)[C@@]2(C)CC[C@@H](OC3CCCCO3)C[C@@H]12. The number of aliphatic carboxylic acids is 1. The van der Waals surface area contributed by atoms with E-state index in [4.69, 9.17) is 9.47 Å².